The van der Waals surface area contributed by atoms with E-state index in [4.69, 9.17) is 0 Å². The first-order chi connectivity index (χ1) is 9.83. The van der Waals surface area contributed by atoms with Crippen molar-refractivity contribution in [3.63, 3.8) is 0 Å². The van der Waals surface area contributed by atoms with Crippen molar-refractivity contribution in [2.75, 3.05) is 26.5 Å². The number of methoxy groups -OCH3 is 1. The van der Waals surface area contributed by atoms with E-state index < -0.39 is 23.9 Å². The van der Waals surface area contributed by atoms with Crippen LogP contribution in [0.5, 0.6) is 0 Å². The zero-order valence-electron chi connectivity index (χ0n) is 12.7. The molecule has 3 atom stereocenters. The fourth-order valence-electron chi connectivity index (χ4n) is 2.29. The van der Waals surface area contributed by atoms with Crippen LogP contribution in [0, 0.1) is 5.92 Å². The number of rotatable bonds is 5. The van der Waals surface area contributed by atoms with Crippen LogP contribution < -0.4 is 0 Å². The summed E-state index contributed by atoms with van der Waals surface area (Å²) in [5, 5.41) is 9.09. The number of carboxylic acids is 1. The molecule has 120 valence electrons. The number of aliphatic carboxylic acids is 1. The predicted octanol–water partition coefficient (Wildman–Crippen LogP) is 1.09. The number of esters is 1. The van der Waals surface area contributed by atoms with Gasteiger partial charge >= 0.3 is 18.0 Å². The normalized spacial score (nSPS) is 22.8. The number of carboxylic acid groups (broad SMARTS) is 1. The van der Waals surface area contributed by atoms with E-state index in [1.54, 1.807) is 14.0 Å². The summed E-state index contributed by atoms with van der Waals surface area (Å²) in [6, 6.07) is -1.18. The Kier molecular flexibility index (Phi) is 6.32. The van der Waals surface area contributed by atoms with E-state index in [0.29, 0.717) is 12.2 Å². The van der Waals surface area contributed by atoms with Crippen molar-refractivity contribution < 1.29 is 24.2 Å². The summed E-state index contributed by atoms with van der Waals surface area (Å²) >= 11 is 1.47. The molecule has 0 saturated carbocycles. The highest BCUT2D eigenvalue weighted by atomic mass is 32.2. The molecule has 0 aromatic heterocycles. The van der Waals surface area contributed by atoms with Crippen molar-refractivity contribution in [3.05, 3.63) is 0 Å². The van der Waals surface area contributed by atoms with Gasteiger partial charge in [0.25, 0.3) is 0 Å². The average Bonchev–Trinajstić information content (AvgIpc) is 2.89. The highest BCUT2D eigenvalue weighted by molar-refractivity contribution is 8.00. The van der Waals surface area contributed by atoms with E-state index in [0.717, 1.165) is 0 Å². The van der Waals surface area contributed by atoms with Crippen molar-refractivity contribution in [1.29, 1.82) is 0 Å². The summed E-state index contributed by atoms with van der Waals surface area (Å²) in [7, 11) is 2.86. The molecule has 1 aliphatic rings. The predicted molar refractivity (Wildman–Crippen MR) is 79.0 cm³/mol. The quantitative estimate of drug-likeness (QED) is 0.763. The van der Waals surface area contributed by atoms with Crippen LogP contribution in [0.3, 0.4) is 0 Å². The zero-order chi connectivity index (χ0) is 16.2. The molecule has 1 saturated heterocycles. The fourth-order valence-corrected chi connectivity index (χ4v) is 3.63. The van der Waals surface area contributed by atoms with Crippen LogP contribution in [-0.4, -0.2) is 70.7 Å². The first-order valence-electron chi connectivity index (χ1n) is 6.79. The number of amides is 2. The summed E-state index contributed by atoms with van der Waals surface area (Å²) < 4.78 is 4.63. The Balaban J connectivity index is 2.78. The van der Waals surface area contributed by atoms with Crippen molar-refractivity contribution >= 4 is 29.7 Å². The summed E-state index contributed by atoms with van der Waals surface area (Å²) in [5.41, 5.74) is 0. The van der Waals surface area contributed by atoms with Crippen LogP contribution in [0.1, 0.15) is 20.3 Å². The monoisotopic (exact) mass is 318 g/mol. The number of urea groups is 1. The van der Waals surface area contributed by atoms with Crippen LogP contribution in [0.2, 0.25) is 0 Å². The van der Waals surface area contributed by atoms with Crippen molar-refractivity contribution in [3.8, 4) is 0 Å². The number of thioether (sulfide) groups is 1. The molecule has 0 bridgehead atoms. The van der Waals surface area contributed by atoms with E-state index in [1.807, 2.05) is 6.92 Å². The highest BCUT2D eigenvalue weighted by Gasteiger charge is 2.42. The molecule has 3 unspecified atom stereocenters. The minimum absolute atomic E-state index is 0.144. The van der Waals surface area contributed by atoms with E-state index in [1.165, 1.54) is 28.7 Å². The van der Waals surface area contributed by atoms with Crippen LogP contribution >= 0.6 is 11.8 Å². The lowest BCUT2D eigenvalue weighted by atomic mass is 10.2. The molecule has 8 heteroatoms. The summed E-state index contributed by atoms with van der Waals surface area (Å²) in [6.07, 6.45) is 0.681. The van der Waals surface area contributed by atoms with Gasteiger partial charge in [-0.05, 0) is 6.42 Å². The van der Waals surface area contributed by atoms with E-state index >= 15 is 0 Å². The average molecular weight is 318 g/mol. The maximum absolute atomic E-state index is 12.5. The molecule has 1 heterocycles. The Morgan fingerprint density at radius 1 is 1.48 bits per heavy atom. The Morgan fingerprint density at radius 2 is 2.10 bits per heavy atom. The van der Waals surface area contributed by atoms with Gasteiger partial charge in [0, 0.05) is 19.3 Å². The smallest absolute Gasteiger partial charge is 0.327 e. The number of carbonyl (C=O) groups is 3. The molecule has 7 nitrogen and oxygen atoms in total. The second-order valence-corrected chi connectivity index (χ2v) is 6.26. The molecule has 0 radical (unpaired) electrons. The van der Waals surface area contributed by atoms with Gasteiger partial charge in [-0.15, -0.1) is 11.8 Å². The Bertz CT molecular complexity index is 417. The van der Waals surface area contributed by atoms with Crippen LogP contribution in [-0.2, 0) is 14.3 Å². The summed E-state index contributed by atoms with van der Waals surface area (Å²) in [4.78, 5) is 38.0. The van der Waals surface area contributed by atoms with Crippen molar-refractivity contribution in [2.24, 2.45) is 5.92 Å². The first kappa shape index (κ1) is 17.6. The van der Waals surface area contributed by atoms with Gasteiger partial charge in [-0.2, -0.15) is 0 Å². The Labute approximate surface area is 128 Å². The zero-order valence-corrected chi connectivity index (χ0v) is 13.6. The number of ether oxygens (including phenoxy) is 1. The molecule has 1 aliphatic heterocycles. The maximum Gasteiger partial charge on any atom is 0.327 e. The third-order valence-corrected chi connectivity index (χ3v) is 4.88. The van der Waals surface area contributed by atoms with Gasteiger partial charge in [0.15, 0.2) is 0 Å². The Hall–Kier alpha value is -1.44. The number of carbonyl (C=O) groups excluding carboxylic acids is 2. The third-order valence-electron chi connectivity index (χ3n) is 3.43. The van der Waals surface area contributed by atoms with E-state index in [2.05, 4.69) is 4.74 Å². The SMILES string of the molecule is CCC1SCC(C(=O)O)N1C(=O)N(C)CC(C)C(=O)OC. The standard InChI is InChI=1S/C13H22N2O5S/c1-5-10-15(9(7-21-10)11(16)17)13(19)14(3)6-8(2)12(18)20-4/h8-10H,5-7H2,1-4H3,(H,16,17). The number of hydrogen-bond donors (Lipinski definition) is 1. The first-order valence-corrected chi connectivity index (χ1v) is 7.84. The van der Waals surface area contributed by atoms with Gasteiger partial charge in [-0.25, -0.2) is 9.59 Å². The maximum atomic E-state index is 12.5. The molecule has 2 amide bonds. The van der Waals surface area contributed by atoms with Crippen molar-refractivity contribution in [1.82, 2.24) is 9.80 Å². The second-order valence-electron chi connectivity index (χ2n) is 5.04. The van der Waals surface area contributed by atoms with E-state index in [-0.39, 0.29) is 17.9 Å². The van der Waals surface area contributed by atoms with Crippen molar-refractivity contribution in [2.45, 2.75) is 31.7 Å². The van der Waals surface area contributed by atoms with Crippen LogP contribution in [0.25, 0.3) is 0 Å². The molecule has 0 aromatic carbocycles. The van der Waals surface area contributed by atoms with Gasteiger partial charge in [0.1, 0.15) is 6.04 Å². The lowest BCUT2D eigenvalue weighted by Gasteiger charge is -2.32. The lowest BCUT2D eigenvalue weighted by molar-refractivity contribution is -0.145. The largest absolute Gasteiger partial charge is 0.480 e. The van der Waals surface area contributed by atoms with Gasteiger partial charge < -0.3 is 14.7 Å². The van der Waals surface area contributed by atoms with Crippen LogP contribution in [0.4, 0.5) is 4.79 Å². The molecule has 1 N–H and O–H groups in total. The molecular formula is C13H22N2O5S. The van der Waals surface area contributed by atoms with Gasteiger partial charge in [-0.3, -0.25) is 9.69 Å². The van der Waals surface area contributed by atoms with Crippen LogP contribution in [0.15, 0.2) is 0 Å². The second kappa shape index (κ2) is 7.53. The van der Waals surface area contributed by atoms with E-state index in [9.17, 15) is 19.5 Å². The minimum atomic E-state index is -0.999. The molecule has 0 aliphatic carbocycles. The molecule has 0 spiro atoms. The van der Waals surface area contributed by atoms with Gasteiger partial charge in [-0.1, -0.05) is 13.8 Å². The summed E-state index contributed by atoms with van der Waals surface area (Å²) in [6.45, 7) is 3.77. The number of nitrogens with zero attached hydrogens (tertiary/aromatic N) is 2. The van der Waals surface area contributed by atoms with Gasteiger partial charge in [0.05, 0.1) is 18.4 Å². The topological polar surface area (TPSA) is 87.2 Å². The molecule has 0 aromatic rings. The third kappa shape index (κ3) is 4.03. The number of hydrogen-bond acceptors (Lipinski definition) is 5. The minimum Gasteiger partial charge on any atom is -0.480 e. The molecule has 1 rings (SSSR count). The molecule has 1 fully saturated rings. The molecule has 21 heavy (non-hydrogen) atoms. The molecular weight excluding hydrogens is 296 g/mol. The Morgan fingerprint density at radius 3 is 2.57 bits per heavy atom. The van der Waals surface area contributed by atoms with Gasteiger partial charge in [0.2, 0.25) is 0 Å². The highest BCUT2D eigenvalue weighted by Crippen LogP contribution is 2.32. The fraction of sp³-hybridized carbons (Fsp3) is 0.769. The lowest BCUT2D eigenvalue weighted by Crippen LogP contribution is -2.51. The summed E-state index contributed by atoms with van der Waals surface area (Å²) in [5.74, 6) is -1.46.